The van der Waals surface area contributed by atoms with E-state index in [2.05, 4.69) is 16.4 Å². The summed E-state index contributed by atoms with van der Waals surface area (Å²) < 4.78 is 45.0. The molecule has 0 bridgehead atoms. The maximum atomic E-state index is 13.3. The van der Waals surface area contributed by atoms with Crippen molar-refractivity contribution in [3.63, 3.8) is 0 Å². The zero-order chi connectivity index (χ0) is 22.3. The van der Waals surface area contributed by atoms with Crippen LogP contribution in [0, 0.1) is 5.92 Å². The third-order valence-electron chi connectivity index (χ3n) is 5.65. The van der Waals surface area contributed by atoms with Gasteiger partial charge in [-0.15, -0.1) is 0 Å². The summed E-state index contributed by atoms with van der Waals surface area (Å²) in [5, 5.41) is 2.74. The molecule has 0 aromatic carbocycles. The largest absolute Gasteiger partial charge is 0.455 e. The molecule has 1 aliphatic heterocycles. The average molecular weight is 439 g/mol. The van der Waals surface area contributed by atoms with E-state index in [-0.39, 0.29) is 24.9 Å². The molecular formula is C22H28F3N3O3. The number of pyridine rings is 1. The van der Waals surface area contributed by atoms with Crippen LogP contribution in [0.5, 0.6) is 0 Å². The smallest absolute Gasteiger partial charge is 0.419 e. The fourth-order valence-corrected chi connectivity index (χ4v) is 4.03. The number of ether oxygens (including phenoxy) is 1. The van der Waals surface area contributed by atoms with Gasteiger partial charge in [-0.3, -0.25) is 9.59 Å². The van der Waals surface area contributed by atoms with Gasteiger partial charge in [0.15, 0.2) is 6.61 Å². The number of rotatable bonds is 7. The molecule has 0 spiro atoms. The number of allylic oxidation sites excluding steroid dienone is 1. The Labute approximate surface area is 179 Å². The topological polar surface area (TPSA) is 71.5 Å². The number of carbonyl (C=O) groups is 2. The van der Waals surface area contributed by atoms with Gasteiger partial charge in [0.2, 0.25) is 0 Å². The maximum absolute atomic E-state index is 13.3. The summed E-state index contributed by atoms with van der Waals surface area (Å²) in [7, 11) is 0. The quantitative estimate of drug-likeness (QED) is 0.516. The lowest BCUT2D eigenvalue weighted by Gasteiger charge is -2.33. The van der Waals surface area contributed by atoms with E-state index in [1.54, 1.807) is 0 Å². The molecule has 1 unspecified atom stereocenters. The number of nitrogens with one attached hydrogen (secondary N) is 1. The van der Waals surface area contributed by atoms with Crippen molar-refractivity contribution < 1.29 is 27.5 Å². The predicted molar refractivity (Wildman–Crippen MR) is 109 cm³/mol. The van der Waals surface area contributed by atoms with Crippen LogP contribution in [0.2, 0.25) is 0 Å². The van der Waals surface area contributed by atoms with Crippen LogP contribution < -0.4 is 10.2 Å². The SMILES string of the molecule is O=C(COC(=O)C1CCCN(c2ncccc2C(F)(F)F)C1)NCCC1=CCCCC1. The number of halogens is 3. The highest BCUT2D eigenvalue weighted by molar-refractivity contribution is 5.81. The molecule has 0 radical (unpaired) electrons. The summed E-state index contributed by atoms with van der Waals surface area (Å²) >= 11 is 0. The van der Waals surface area contributed by atoms with Crippen molar-refractivity contribution in [1.82, 2.24) is 10.3 Å². The molecule has 9 heteroatoms. The number of esters is 1. The van der Waals surface area contributed by atoms with Gasteiger partial charge in [0.1, 0.15) is 5.82 Å². The summed E-state index contributed by atoms with van der Waals surface area (Å²) in [6.45, 7) is 0.569. The zero-order valence-corrected chi connectivity index (χ0v) is 17.4. The highest BCUT2D eigenvalue weighted by Crippen LogP contribution is 2.36. The number of anilines is 1. The number of aromatic nitrogens is 1. The number of nitrogens with zero attached hydrogens (tertiary/aromatic N) is 2. The predicted octanol–water partition coefficient (Wildman–Crippen LogP) is 3.87. The molecule has 1 amide bonds. The molecule has 0 saturated carbocycles. The Balaban J connectivity index is 1.46. The van der Waals surface area contributed by atoms with Gasteiger partial charge < -0.3 is 15.0 Å². The first kappa shape index (κ1) is 23.1. The molecule has 31 heavy (non-hydrogen) atoms. The lowest BCUT2D eigenvalue weighted by Crippen LogP contribution is -2.41. The Morgan fingerprint density at radius 2 is 2.10 bits per heavy atom. The molecule has 2 heterocycles. The minimum absolute atomic E-state index is 0.0781. The van der Waals surface area contributed by atoms with Crippen LogP contribution >= 0.6 is 0 Å². The van der Waals surface area contributed by atoms with Gasteiger partial charge >= 0.3 is 12.1 Å². The second-order valence-corrected chi connectivity index (χ2v) is 7.97. The third kappa shape index (κ3) is 6.70. The van der Waals surface area contributed by atoms with Crippen LogP contribution in [0.4, 0.5) is 19.0 Å². The van der Waals surface area contributed by atoms with Crippen LogP contribution in [0.25, 0.3) is 0 Å². The Morgan fingerprint density at radius 3 is 2.84 bits per heavy atom. The zero-order valence-electron chi connectivity index (χ0n) is 17.4. The molecule has 1 atom stereocenters. The molecule has 1 aromatic heterocycles. The second kappa shape index (κ2) is 10.6. The monoisotopic (exact) mass is 439 g/mol. The van der Waals surface area contributed by atoms with Gasteiger partial charge in [-0.2, -0.15) is 13.2 Å². The highest BCUT2D eigenvalue weighted by atomic mass is 19.4. The number of hydrogen-bond donors (Lipinski definition) is 1. The van der Waals surface area contributed by atoms with Gasteiger partial charge in [-0.25, -0.2) is 4.98 Å². The van der Waals surface area contributed by atoms with Gasteiger partial charge in [0.05, 0.1) is 11.5 Å². The van der Waals surface area contributed by atoms with Gasteiger partial charge in [0.25, 0.3) is 5.91 Å². The van der Waals surface area contributed by atoms with Crippen LogP contribution in [0.1, 0.15) is 50.5 Å². The van der Waals surface area contributed by atoms with Crippen molar-refractivity contribution in [2.24, 2.45) is 5.92 Å². The van der Waals surface area contributed by atoms with Crippen molar-refractivity contribution in [3.05, 3.63) is 35.5 Å². The van der Waals surface area contributed by atoms with Gasteiger partial charge in [-0.1, -0.05) is 11.6 Å². The molecule has 1 fully saturated rings. The molecule has 1 saturated heterocycles. The molecule has 1 N–H and O–H groups in total. The second-order valence-electron chi connectivity index (χ2n) is 7.97. The Morgan fingerprint density at radius 1 is 1.26 bits per heavy atom. The Kier molecular flexibility index (Phi) is 7.92. The highest BCUT2D eigenvalue weighted by Gasteiger charge is 2.37. The molecule has 3 rings (SSSR count). The molecule has 1 aliphatic carbocycles. The van der Waals surface area contributed by atoms with Crippen molar-refractivity contribution in [3.8, 4) is 0 Å². The first-order valence-electron chi connectivity index (χ1n) is 10.7. The van der Waals surface area contributed by atoms with Crippen molar-refractivity contribution in [2.75, 3.05) is 31.1 Å². The molecule has 2 aliphatic rings. The van der Waals surface area contributed by atoms with Crippen molar-refractivity contribution in [2.45, 2.75) is 51.1 Å². The normalized spacial score (nSPS) is 19.5. The standard InChI is InChI=1S/C22H28F3N3O3/c23-22(24,25)18-9-4-11-27-20(18)28-13-5-8-17(14-28)21(30)31-15-19(29)26-12-10-16-6-2-1-3-7-16/h4,6,9,11,17H,1-3,5,7-8,10,12-15H2,(H,26,29). The average Bonchev–Trinajstić information content (AvgIpc) is 2.78. The number of piperidine rings is 1. The van der Waals surface area contributed by atoms with E-state index in [0.29, 0.717) is 25.9 Å². The van der Waals surface area contributed by atoms with Crippen molar-refractivity contribution >= 4 is 17.7 Å². The first-order valence-corrected chi connectivity index (χ1v) is 10.7. The lowest BCUT2D eigenvalue weighted by atomic mass is 9.97. The summed E-state index contributed by atoms with van der Waals surface area (Å²) in [4.78, 5) is 29.7. The first-order chi connectivity index (χ1) is 14.8. The third-order valence-corrected chi connectivity index (χ3v) is 5.65. The number of amides is 1. The number of hydrogen-bond acceptors (Lipinski definition) is 5. The van der Waals surface area contributed by atoms with E-state index < -0.39 is 23.6 Å². The molecular weight excluding hydrogens is 411 g/mol. The van der Waals surface area contributed by atoms with Crippen LogP contribution in [-0.2, 0) is 20.5 Å². The number of alkyl halides is 3. The Hall–Kier alpha value is -2.58. The van der Waals surface area contributed by atoms with E-state index >= 15 is 0 Å². The van der Waals surface area contributed by atoms with Crippen molar-refractivity contribution in [1.29, 1.82) is 0 Å². The summed E-state index contributed by atoms with van der Waals surface area (Å²) in [6.07, 6.45) is 5.37. The van der Waals surface area contributed by atoms with Crippen LogP contribution in [0.3, 0.4) is 0 Å². The summed E-state index contributed by atoms with van der Waals surface area (Å²) in [5.41, 5.74) is 0.523. The van der Waals surface area contributed by atoms with E-state index in [1.807, 2.05) is 0 Å². The lowest BCUT2D eigenvalue weighted by molar-refractivity contribution is -0.152. The van der Waals surface area contributed by atoms with Gasteiger partial charge in [-0.05, 0) is 57.1 Å². The maximum Gasteiger partial charge on any atom is 0.419 e. The van der Waals surface area contributed by atoms with E-state index in [4.69, 9.17) is 4.74 Å². The van der Waals surface area contributed by atoms with E-state index in [9.17, 15) is 22.8 Å². The van der Waals surface area contributed by atoms with E-state index in [1.165, 1.54) is 35.6 Å². The minimum atomic E-state index is -4.52. The fraction of sp³-hybridized carbons (Fsp3) is 0.591. The van der Waals surface area contributed by atoms with Gasteiger partial charge in [0, 0.05) is 25.8 Å². The fourth-order valence-electron chi connectivity index (χ4n) is 4.03. The number of carbonyl (C=O) groups excluding carboxylic acids is 2. The molecule has 170 valence electrons. The summed E-state index contributed by atoms with van der Waals surface area (Å²) in [5.74, 6) is -1.72. The van der Waals surface area contributed by atoms with Crippen LogP contribution in [-0.4, -0.2) is 43.1 Å². The van der Waals surface area contributed by atoms with Crippen LogP contribution in [0.15, 0.2) is 30.0 Å². The molecule has 6 nitrogen and oxygen atoms in total. The Bertz CT molecular complexity index is 811. The molecule has 1 aromatic rings. The minimum Gasteiger partial charge on any atom is -0.455 e. The summed E-state index contributed by atoms with van der Waals surface area (Å²) in [6, 6.07) is 2.23. The van der Waals surface area contributed by atoms with E-state index in [0.717, 1.165) is 25.3 Å².